The van der Waals surface area contributed by atoms with Crippen LogP contribution in [0.15, 0.2) is 18.2 Å². The number of amides is 1. The number of hydrogen-bond donors (Lipinski definition) is 1. The van der Waals surface area contributed by atoms with Gasteiger partial charge in [-0.3, -0.25) is 4.79 Å². The fraction of sp³-hybridized carbons (Fsp3) is 0.467. The highest BCUT2D eigenvalue weighted by molar-refractivity contribution is 6.34. The second kappa shape index (κ2) is 6.03. The van der Waals surface area contributed by atoms with Gasteiger partial charge < -0.3 is 14.7 Å². The Hall–Kier alpha value is -1.59. The molecule has 0 unspecified atom stereocenters. The molecule has 1 fully saturated rings. The minimum atomic E-state index is -1.07. The van der Waals surface area contributed by atoms with Crippen molar-refractivity contribution in [2.75, 3.05) is 20.8 Å². The summed E-state index contributed by atoms with van der Waals surface area (Å²) in [6.45, 7) is 0.486. The summed E-state index contributed by atoms with van der Waals surface area (Å²) in [6, 6.07) is 4.15. The molecule has 1 aliphatic carbocycles. The van der Waals surface area contributed by atoms with Gasteiger partial charge in [-0.2, -0.15) is 0 Å². The van der Waals surface area contributed by atoms with Gasteiger partial charge in [0.2, 0.25) is 0 Å². The second-order valence-corrected chi connectivity index (χ2v) is 5.78. The minimum Gasteiger partial charge on any atom is -0.478 e. The number of nitrogens with zero attached hydrogens (tertiary/aromatic N) is 1. The lowest BCUT2D eigenvalue weighted by molar-refractivity contribution is -0.0185. The molecule has 2 rings (SSSR count). The molecule has 0 aromatic heterocycles. The van der Waals surface area contributed by atoms with Crippen molar-refractivity contribution in [3.63, 3.8) is 0 Å². The van der Waals surface area contributed by atoms with Gasteiger partial charge in [0.25, 0.3) is 5.91 Å². The van der Waals surface area contributed by atoms with Crippen LogP contribution in [0.4, 0.5) is 0 Å². The van der Waals surface area contributed by atoms with E-state index in [1.165, 1.54) is 18.2 Å². The molecule has 114 valence electrons. The molecule has 0 aliphatic heterocycles. The zero-order valence-corrected chi connectivity index (χ0v) is 12.8. The Morgan fingerprint density at radius 1 is 1.43 bits per heavy atom. The van der Waals surface area contributed by atoms with Crippen LogP contribution in [0, 0.1) is 0 Å². The monoisotopic (exact) mass is 311 g/mol. The SMILES string of the molecule is COCC1(N(C)C(=O)c2ccc(C(=O)O)cc2Cl)CCC1. The number of ether oxygens (including phenoxy) is 1. The van der Waals surface area contributed by atoms with E-state index < -0.39 is 5.97 Å². The van der Waals surface area contributed by atoms with Crippen molar-refractivity contribution in [1.82, 2.24) is 4.90 Å². The summed E-state index contributed by atoms with van der Waals surface area (Å²) in [5.74, 6) is -1.28. The first-order valence-corrected chi connectivity index (χ1v) is 7.09. The van der Waals surface area contributed by atoms with E-state index in [2.05, 4.69) is 0 Å². The molecule has 21 heavy (non-hydrogen) atoms. The molecule has 1 aromatic carbocycles. The van der Waals surface area contributed by atoms with E-state index in [9.17, 15) is 9.59 Å². The molecule has 0 spiro atoms. The first kappa shape index (κ1) is 15.8. The third-order valence-electron chi connectivity index (χ3n) is 4.16. The Morgan fingerprint density at radius 3 is 2.52 bits per heavy atom. The third kappa shape index (κ3) is 2.89. The van der Waals surface area contributed by atoms with Crippen LogP contribution in [-0.4, -0.2) is 48.2 Å². The number of carbonyl (C=O) groups excluding carboxylic acids is 1. The molecule has 6 heteroatoms. The van der Waals surface area contributed by atoms with Gasteiger partial charge in [0, 0.05) is 14.2 Å². The van der Waals surface area contributed by atoms with Crippen LogP contribution in [-0.2, 0) is 4.74 Å². The molecular weight excluding hydrogens is 294 g/mol. The molecule has 0 heterocycles. The summed E-state index contributed by atoms with van der Waals surface area (Å²) in [5.41, 5.74) is 0.0988. The normalized spacial score (nSPS) is 16.1. The van der Waals surface area contributed by atoms with E-state index in [4.69, 9.17) is 21.4 Å². The fourth-order valence-corrected chi connectivity index (χ4v) is 2.91. The predicted octanol–water partition coefficient (Wildman–Crippen LogP) is 2.68. The molecule has 0 atom stereocenters. The lowest BCUT2D eigenvalue weighted by atomic mass is 9.76. The number of benzene rings is 1. The summed E-state index contributed by atoms with van der Waals surface area (Å²) < 4.78 is 5.23. The van der Waals surface area contributed by atoms with Crippen LogP contribution >= 0.6 is 11.6 Å². The molecule has 5 nitrogen and oxygen atoms in total. The summed E-state index contributed by atoms with van der Waals surface area (Å²) in [4.78, 5) is 25.2. The third-order valence-corrected chi connectivity index (χ3v) is 4.47. The summed E-state index contributed by atoms with van der Waals surface area (Å²) in [5, 5.41) is 9.08. The van der Waals surface area contributed by atoms with Crippen molar-refractivity contribution in [3.8, 4) is 0 Å². The van der Waals surface area contributed by atoms with Crippen LogP contribution < -0.4 is 0 Å². The number of rotatable bonds is 5. The highest BCUT2D eigenvalue weighted by Crippen LogP contribution is 2.38. The maximum Gasteiger partial charge on any atom is 0.335 e. The van der Waals surface area contributed by atoms with Crippen molar-refractivity contribution in [3.05, 3.63) is 34.3 Å². The lowest BCUT2D eigenvalue weighted by Gasteiger charge is -2.48. The van der Waals surface area contributed by atoms with Crippen LogP contribution in [0.5, 0.6) is 0 Å². The molecule has 1 N–H and O–H groups in total. The number of halogens is 1. The Morgan fingerprint density at radius 2 is 2.10 bits per heavy atom. The van der Waals surface area contributed by atoms with Gasteiger partial charge in [0.15, 0.2) is 0 Å². The molecule has 0 bridgehead atoms. The summed E-state index contributed by atoms with van der Waals surface area (Å²) >= 11 is 6.06. The molecule has 1 aromatic rings. The molecule has 1 saturated carbocycles. The molecule has 1 aliphatic rings. The lowest BCUT2D eigenvalue weighted by Crippen LogP contribution is -2.57. The van der Waals surface area contributed by atoms with Crippen LogP contribution in [0.1, 0.15) is 40.0 Å². The first-order chi connectivity index (χ1) is 9.91. The molecule has 0 radical (unpaired) electrons. The average molecular weight is 312 g/mol. The van der Waals surface area contributed by atoms with Crippen molar-refractivity contribution < 1.29 is 19.4 Å². The number of carboxylic acid groups (broad SMARTS) is 1. The van der Waals surface area contributed by atoms with E-state index in [0.29, 0.717) is 12.2 Å². The predicted molar refractivity (Wildman–Crippen MR) is 79.0 cm³/mol. The zero-order valence-electron chi connectivity index (χ0n) is 12.1. The van der Waals surface area contributed by atoms with Crippen molar-refractivity contribution >= 4 is 23.5 Å². The zero-order chi connectivity index (χ0) is 15.6. The Bertz CT molecular complexity index is 569. The van der Waals surface area contributed by atoms with Gasteiger partial charge >= 0.3 is 5.97 Å². The number of likely N-dealkylation sites (N-methyl/N-ethyl adjacent to an activating group) is 1. The number of hydrogen-bond acceptors (Lipinski definition) is 3. The topological polar surface area (TPSA) is 66.8 Å². The Labute approximate surface area is 128 Å². The number of carboxylic acids is 1. The highest BCUT2D eigenvalue weighted by Gasteiger charge is 2.43. The fourth-order valence-electron chi connectivity index (χ4n) is 2.65. The quantitative estimate of drug-likeness (QED) is 0.908. The maximum absolute atomic E-state index is 12.6. The highest BCUT2D eigenvalue weighted by atomic mass is 35.5. The average Bonchev–Trinajstić information content (AvgIpc) is 2.41. The van der Waals surface area contributed by atoms with Crippen molar-refractivity contribution in [1.29, 1.82) is 0 Å². The van der Waals surface area contributed by atoms with Crippen LogP contribution in [0.3, 0.4) is 0 Å². The van der Waals surface area contributed by atoms with Gasteiger partial charge in [-0.25, -0.2) is 4.79 Å². The van der Waals surface area contributed by atoms with E-state index in [0.717, 1.165) is 19.3 Å². The molecular formula is C15H18ClNO4. The van der Waals surface area contributed by atoms with Gasteiger partial charge in [0.05, 0.1) is 28.3 Å². The summed E-state index contributed by atoms with van der Waals surface area (Å²) in [6.07, 6.45) is 2.86. The van der Waals surface area contributed by atoms with Crippen LogP contribution in [0.25, 0.3) is 0 Å². The number of aromatic carboxylic acids is 1. The van der Waals surface area contributed by atoms with Crippen LogP contribution in [0.2, 0.25) is 5.02 Å². The van der Waals surface area contributed by atoms with Crippen molar-refractivity contribution in [2.45, 2.75) is 24.8 Å². The Balaban J connectivity index is 2.25. The van der Waals surface area contributed by atoms with E-state index in [1.807, 2.05) is 0 Å². The minimum absolute atomic E-state index is 0.0643. The largest absolute Gasteiger partial charge is 0.478 e. The van der Waals surface area contributed by atoms with Gasteiger partial charge in [-0.1, -0.05) is 11.6 Å². The first-order valence-electron chi connectivity index (χ1n) is 6.71. The number of methoxy groups -OCH3 is 1. The van der Waals surface area contributed by atoms with Crippen molar-refractivity contribution in [2.24, 2.45) is 0 Å². The van der Waals surface area contributed by atoms with Gasteiger partial charge in [-0.15, -0.1) is 0 Å². The summed E-state index contributed by atoms with van der Waals surface area (Å²) in [7, 11) is 3.36. The maximum atomic E-state index is 12.6. The van der Waals surface area contributed by atoms with E-state index >= 15 is 0 Å². The second-order valence-electron chi connectivity index (χ2n) is 5.37. The van der Waals surface area contributed by atoms with Gasteiger partial charge in [-0.05, 0) is 37.5 Å². The molecule has 0 saturated heterocycles. The smallest absolute Gasteiger partial charge is 0.335 e. The van der Waals surface area contributed by atoms with E-state index in [1.54, 1.807) is 19.1 Å². The standard InChI is InChI=1S/C15H18ClNO4/c1-17(15(9-21-2)6-3-7-15)13(18)11-5-4-10(14(19)20)8-12(11)16/h4-5,8H,3,6-7,9H2,1-2H3,(H,19,20). The van der Waals surface area contributed by atoms with E-state index in [-0.39, 0.29) is 22.0 Å². The number of carbonyl (C=O) groups is 2. The molecule has 1 amide bonds. The van der Waals surface area contributed by atoms with Gasteiger partial charge in [0.1, 0.15) is 0 Å². The Kier molecular flexibility index (Phi) is 4.54.